The average molecular weight is 197 g/mol. The molecule has 2 aliphatic heterocycles. The summed E-state index contributed by atoms with van der Waals surface area (Å²) in [7, 11) is 0. The number of carbonyl (C=O) groups is 1. The second-order valence-corrected chi connectivity index (χ2v) is 4.42. The highest BCUT2D eigenvalue weighted by Gasteiger charge is 2.25. The molecule has 0 aromatic carbocycles. The minimum absolute atomic E-state index is 0.296. The second kappa shape index (κ2) is 4.89. The fourth-order valence-electron chi connectivity index (χ4n) is 2.36. The van der Waals surface area contributed by atoms with Crippen molar-refractivity contribution in [1.29, 1.82) is 0 Å². The van der Waals surface area contributed by atoms with Crippen molar-refractivity contribution in [2.75, 3.05) is 26.3 Å². The lowest BCUT2D eigenvalue weighted by Gasteiger charge is -2.21. The van der Waals surface area contributed by atoms with Crippen LogP contribution >= 0.6 is 0 Å². The van der Waals surface area contributed by atoms with Crippen molar-refractivity contribution in [1.82, 2.24) is 5.32 Å². The summed E-state index contributed by atoms with van der Waals surface area (Å²) in [6.45, 7) is 3.68. The molecule has 1 atom stereocenters. The van der Waals surface area contributed by atoms with E-state index in [9.17, 15) is 4.79 Å². The molecule has 0 aliphatic carbocycles. The van der Waals surface area contributed by atoms with E-state index in [2.05, 4.69) is 5.32 Å². The predicted molar refractivity (Wildman–Crippen MR) is 54.1 cm³/mol. The van der Waals surface area contributed by atoms with Gasteiger partial charge in [0.05, 0.1) is 0 Å². The van der Waals surface area contributed by atoms with Gasteiger partial charge in [-0.05, 0) is 38.3 Å². The summed E-state index contributed by atoms with van der Waals surface area (Å²) in [5, 5.41) is 3.30. The van der Waals surface area contributed by atoms with E-state index in [0.717, 1.165) is 45.6 Å². The van der Waals surface area contributed by atoms with Gasteiger partial charge in [0.2, 0.25) is 0 Å². The van der Waals surface area contributed by atoms with Crippen LogP contribution in [0, 0.1) is 11.8 Å². The number of hydrogen-bond acceptors (Lipinski definition) is 3. The minimum atomic E-state index is 0.296. The Morgan fingerprint density at radius 2 is 2.07 bits per heavy atom. The van der Waals surface area contributed by atoms with Crippen molar-refractivity contribution in [2.45, 2.75) is 25.7 Å². The van der Waals surface area contributed by atoms with Gasteiger partial charge in [-0.15, -0.1) is 0 Å². The molecule has 0 spiro atoms. The third-order valence-electron chi connectivity index (χ3n) is 3.33. The van der Waals surface area contributed by atoms with Crippen molar-refractivity contribution < 1.29 is 9.53 Å². The highest BCUT2D eigenvalue weighted by atomic mass is 16.5. The van der Waals surface area contributed by atoms with E-state index in [1.165, 1.54) is 6.42 Å². The Morgan fingerprint density at radius 3 is 2.71 bits per heavy atom. The zero-order valence-electron chi connectivity index (χ0n) is 8.63. The molecule has 0 bridgehead atoms. The van der Waals surface area contributed by atoms with Gasteiger partial charge in [0.25, 0.3) is 0 Å². The predicted octanol–water partition coefficient (Wildman–Crippen LogP) is 0.982. The lowest BCUT2D eigenvalue weighted by Crippen LogP contribution is -2.25. The molecule has 2 rings (SSSR count). The Bertz CT molecular complexity index is 193. The van der Waals surface area contributed by atoms with E-state index in [1.807, 2.05) is 0 Å². The summed E-state index contributed by atoms with van der Waals surface area (Å²) >= 11 is 0. The lowest BCUT2D eigenvalue weighted by atomic mass is 9.89. The highest BCUT2D eigenvalue weighted by molar-refractivity contribution is 5.81. The zero-order valence-corrected chi connectivity index (χ0v) is 8.63. The average Bonchev–Trinajstić information content (AvgIpc) is 2.72. The molecule has 0 saturated carbocycles. The van der Waals surface area contributed by atoms with Crippen LogP contribution in [0.4, 0.5) is 0 Å². The van der Waals surface area contributed by atoms with Gasteiger partial charge in [-0.1, -0.05) is 0 Å². The Labute approximate surface area is 85.2 Å². The molecule has 0 radical (unpaired) electrons. The number of hydrogen-bond donors (Lipinski definition) is 1. The monoisotopic (exact) mass is 197 g/mol. The third-order valence-corrected chi connectivity index (χ3v) is 3.33. The summed E-state index contributed by atoms with van der Waals surface area (Å²) in [4.78, 5) is 11.9. The first-order valence-corrected chi connectivity index (χ1v) is 5.67. The van der Waals surface area contributed by atoms with Crippen molar-refractivity contribution in [3.8, 4) is 0 Å². The molecule has 0 aromatic rings. The fourth-order valence-corrected chi connectivity index (χ4v) is 2.36. The van der Waals surface area contributed by atoms with Crippen molar-refractivity contribution >= 4 is 5.78 Å². The van der Waals surface area contributed by atoms with Crippen LogP contribution < -0.4 is 5.32 Å². The number of ether oxygens (including phenoxy) is 1. The van der Waals surface area contributed by atoms with E-state index in [-0.39, 0.29) is 0 Å². The zero-order chi connectivity index (χ0) is 9.80. The molecule has 2 heterocycles. The van der Waals surface area contributed by atoms with Gasteiger partial charge in [0.15, 0.2) is 0 Å². The first-order chi connectivity index (χ1) is 6.86. The molecule has 80 valence electrons. The molecule has 3 nitrogen and oxygen atoms in total. The smallest absolute Gasteiger partial charge is 0.136 e. The van der Waals surface area contributed by atoms with E-state index in [4.69, 9.17) is 4.74 Å². The second-order valence-electron chi connectivity index (χ2n) is 4.42. The molecule has 2 saturated heterocycles. The van der Waals surface area contributed by atoms with Crippen molar-refractivity contribution in [3.05, 3.63) is 0 Å². The van der Waals surface area contributed by atoms with Crippen molar-refractivity contribution in [2.24, 2.45) is 11.8 Å². The van der Waals surface area contributed by atoms with Gasteiger partial charge in [0.1, 0.15) is 5.78 Å². The number of rotatable bonds is 3. The van der Waals surface area contributed by atoms with Gasteiger partial charge < -0.3 is 10.1 Å². The van der Waals surface area contributed by atoms with Crippen LogP contribution in [-0.4, -0.2) is 32.1 Å². The molecule has 2 aliphatic rings. The highest BCUT2D eigenvalue weighted by Crippen LogP contribution is 2.21. The van der Waals surface area contributed by atoms with Gasteiger partial charge in [-0.25, -0.2) is 0 Å². The summed E-state index contributed by atoms with van der Waals surface area (Å²) in [6, 6.07) is 0. The number of Topliss-reactive ketones (excluding diaryl/α,β-unsaturated/α-hetero) is 1. The van der Waals surface area contributed by atoms with Gasteiger partial charge >= 0.3 is 0 Å². The molecule has 1 unspecified atom stereocenters. The SMILES string of the molecule is O=C(CC1CCNC1)C1CCOCC1. The van der Waals surface area contributed by atoms with Crippen LogP contribution in [0.5, 0.6) is 0 Å². The van der Waals surface area contributed by atoms with E-state index in [1.54, 1.807) is 0 Å². The van der Waals surface area contributed by atoms with E-state index >= 15 is 0 Å². The number of ketones is 1. The molecule has 14 heavy (non-hydrogen) atoms. The topological polar surface area (TPSA) is 38.3 Å². The maximum Gasteiger partial charge on any atom is 0.136 e. The molecular weight excluding hydrogens is 178 g/mol. The minimum Gasteiger partial charge on any atom is -0.381 e. The standard InChI is InChI=1S/C11H19NO2/c13-11(7-9-1-4-12-8-9)10-2-5-14-6-3-10/h9-10,12H,1-8H2. The Morgan fingerprint density at radius 1 is 1.29 bits per heavy atom. The summed E-state index contributed by atoms with van der Waals surface area (Å²) in [6.07, 6.45) is 3.85. The van der Waals surface area contributed by atoms with E-state index in [0.29, 0.717) is 17.6 Å². The van der Waals surface area contributed by atoms with Crippen LogP contribution in [0.1, 0.15) is 25.7 Å². The number of nitrogens with one attached hydrogen (secondary N) is 1. The summed E-state index contributed by atoms with van der Waals surface area (Å²) in [5.41, 5.74) is 0. The summed E-state index contributed by atoms with van der Waals surface area (Å²) in [5.74, 6) is 1.37. The Balaban J connectivity index is 1.75. The number of carbonyl (C=O) groups excluding carboxylic acids is 1. The largest absolute Gasteiger partial charge is 0.381 e. The van der Waals surface area contributed by atoms with Crippen LogP contribution in [0.3, 0.4) is 0 Å². The van der Waals surface area contributed by atoms with Gasteiger partial charge in [-0.3, -0.25) is 4.79 Å². The van der Waals surface area contributed by atoms with Gasteiger partial charge in [0, 0.05) is 25.6 Å². The Hall–Kier alpha value is -0.410. The van der Waals surface area contributed by atoms with Crippen LogP contribution in [0.25, 0.3) is 0 Å². The molecule has 1 N–H and O–H groups in total. The van der Waals surface area contributed by atoms with Crippen LogP contribution in [0.15, 0.2) is 0 Å². The lowest BCUT2D eigenvalue weighted by molar-refractivity contribution is -0.126. The van der Waals surface area contributed by atoms with E-state index < -0.39 is 0 Å². The first-order valence-electron chi connectivity index (χ1n) is 5.67. The fraction of sp³-hybridized carbons (Fsp3) is 0.909. The maximum atomic E-state index is 11.9. The molecule has 3 heteroatoms. The Kier molecular flexibility index (Phi) is 3.54. The van der Waals surface area contributed by atoms with Crippen LogP contribution in [-0.2, 0) is 9.53 Å². The molecular formula is C11H19NO2. The quantitative estimate of drug-likeness (QED) is 0.733. The normalized spacial score (nSPS) is 29.3. The third kappa shape index (κ3) is 2.55. The van der Waals surface area contributed by atoms with Crippen LogP contribution in [0.2, 0.25) is 0 Å². The van der Waals surface area contributed by atoms with Gasteiger partial charge in [-0.2, -0.15) is 0 Å². The molecule has 2 fully saturated rings. The molecule has 0 amide bonds. The van der Waals surface area contributed by atoms with Crippen molar-refractivity contribution in [3.63, 3.8) is 0 Å². The first kappa shape index (κ1) is 10.1. The maximum absolute atomic E-state index is 11.9. The summed E-state index contributed by atoms with van der Waals surface area (Å²) < 4.78 is 5.26. The molecule has 0 aromatic heterocycles.